The Labute approximate surface area is 229 Å². The SMILES string of the molecule is c1ccc2nc(-n3c4ccccc4c4c5cc(-n6c7ccccc7c7ccccc76)ccc5ccc43)ncc2c1. The van der Waals surface area contributed by atoms with Crippen molar-refractivity contribution in [2.45, 2.75) is 0 Å². The largest absolute Gasteiger partial charge is 0.309 e. The van der Waals surface area contributed by atoms with Gasteiger partial charge in [-0.3, -0.25) is 4.57 Å². The lowest BCUT2D eigenvalue weighted by molar-refractivity contribution is 1.01. The van der Waals surface area contributed by atoms with Crippen LogP contribution < -0.4 is 0 Å². The third-order valence-electron chi connectivity index (χ3n) is 8.15. The number of hydrogen-bond donors (Lipinski definition) is 0. The van der Waals surface area contributed by atoms with Gasteiger partial charge in [-0.1, -0.05) is 84.9 Å². The number of fused-ring (bicyclic) bond motifs is 9. The average molecular weight is 511 g/mol. The number of nitrogens with zero attached hydrogens (tertiary/aromatic N) is 4. The number of para-hydroxylation sites is 4. The van der Waals surface area contributed by atoms with E-state index in [1.54, 1.807) is 0 Å². The summed E-state index contributed by atoms with van der Waals surface area (Å²) in [4.78, 5) is 9.78. The minimum atomic E-state index is 0.683. The third kappa shape index (κ3) is 2.90. The number of rotatable bonds is 2. The second-order valence-corrected chi connectivity index (χ2v) is 10.3. The summed E-state index contributed by atoms with van der Waals surface area (Å²) in [6, 6.07) is 45.3. The molecule has 0 saturated carbocycles. The molecule has 3 heterocycles. The smallest absolute Gasteiger partial charge is 0.235 e. The first-order chi connectivity index (χ1) is 19.8. The van der Waals surface area contributed by atoms with Crippen LogP contribution in [0.15, 0.2) is 134 Å². The zero-order chi connectivity index (χ0) is 26.2. The second kappa shape index (κ2) is 8.01. The highest BCUT2D eigenvalue weighted by Gasteiger charge is 2.18. The van der Waals surface area contributed by atoms with E-state index in [4.69, 9.17) is 9.97 Å². The Morgan fingerprint density at radius 2 is 1.07 bits per heavy atom. The van der Waals surface area contributed by atoms with Crippen molar-refractivity contribution < 1.29 is 0 Å². The van der Waals surface area contributed by atoms with Crippen LogP contribution in [-0.4, -0.2) is 19.1 Å². The number of hydrogen-bond acceptors (Lipinski definition) is 2. The van der Waals surface area contributed by atoms with Crippen LogP contribution in [0.4, 0.5) is 0 Å². The molecule has 9 rings (SSSR count). The van der Waals surface area contributed by atoms with Crippen LogP contribution in [-0.2, 0) is 0 Å². The molecule has 4 nitrogen and oxygen atoms in total. The average Bonchev–Trinajstić information content (AvgIpc) is 3.54. The molecule has 0 aliphatic rings. The summed E-state index contributed by atoms with van der Waals surface area (Å²) in [5.41, 5.74) is 6.71. The molecule has 4 heteroatoms. The lowest BCUT2D eigenvalue weighted by Crippen LogP contribution is -2.00. The van der Waals surface area contributed by atoms with Crippen LogP contribution in [0, 0.1) is 0 Å². The zero-order valence-electron chi connectivity index (χ0n) is 21.5. The zero-order valence-corrected chi connectivity index (χ0v) is 21.5. The van der Waals surface area contributed by atoms with Crippen LogP contribution in [0.2, 0.25) is 0 Å². The van der Waals surface area contributed by atoms with Crippen LogP contribution in [0.25, 0.3) is 76.9 Å². The van der Waals surface area contributed by atoms with E-state index < -0.39 is 0 Å². The normalized spacial score (nSPS) is 12.0. The van der Waals surface area contributed by atoms with E-state index in [9.17, 15) is 0 Å². The Morgan fingerprint density at radius 1 is 0.450 bits per heavy atom. The summed E-state index contributed by atoms with van der Waals surface area (Å²) in [6.45, 7) is 0. The van der Waals surface area contributed by atoms with E-state index in [0.717, 1.165) is 27.6 Å². The monoisotopic (exact) mass is 510 g/mol. The lowest BCUT2D eigenvalue weighted by atomic mass is 10.0. The Hall–Kier alpha value is -5.48. The van der Waals surface area contributed by atoms with Crippen LogP contribution >= 0.6 is 0 Å². The molecule has 0 amide bonds. The van der Waals surface area contributed by atoms with Crippen LogP contribution in [0.5, 0.6) is 0 Å². The summed E-state index contributed by atoms with van der Waals surface area (Å²) in [5.74, 6) is 0.683. The lowest BCUT2D eigenvalue weighted by Gasteiger charge is -2.11. The first-order valence-corrected chi connectivity index (χ1v) is 13.5. The molecule has 0 spiro atoms. The Balaban J connectivity index is 1.38. The van der Waals surface area contributed by atoms with Gasteiger partial charge in [0.05, 0.1) is 27.6 Å². The highest BCUT2D eigenvalue weighted by Crippen LogP contribution is 2.38. The minimum Gasteiger partial charge on any atom is -0.309 e. The van der Waals surface area contributed by atoms with Gasteiger partial charge in [-0.25, -0.2) is 9.97 Å². The fraction of sp³-hybridized carbons (Fsp3) is 0. The topological polar surface area (TPSA) is 35.6 Å². The summed E-state index contributed by atoms with van der Waals surface area (Å²) in [5, 5.41) is 8.40. The Bertz CT molecular complexity index is 2390. The predicted molar refractivity (Wildman–Crippen MR) is 166 cm³/mol. The van der Waals surface area contributed by atoms with E-state index in [-0.39, 0.29) is 0 Å². The van der Waals surface area contributed by atoms with Gasteiger partial charge in [0.1, 0.15) is 0 Å². The fourth-order valence-corrected chi connectivity index (χ4v) is 6.40. The molecule has 40 heavy (non-hydrogen) atoms. The van der Waals surface area contributed by atoms with Gasteiger partial charge < -0.3 is 4.57 Å². The molecular weight excluding hydrogens is 488 g/mol. The highest BCUT2D eigenvalue weighted by atomic mass is 15.2. The number of aromatic nitrogens is 4. The molecular formula is C36H22N4. The van der Waals surface area contributed by atoms with E-state index >= 15 is 0 Å². The van der Waals surface area contributed by atoms with Gasteiger partial charge in [0, 0.05) is 38.8 Å². The van der Waals surface area contributed by atoms with E-state index in [1.165, 1.54) is 43.4 Å². The van der Waals surface area contributed by atoms with Crippen molar-refractivity contribution in [1.82, 2.24) is 19.1 Å². The molecule has 0 bridgehead atoms. The van der Waals surface area contributed by atoms with Gasteiger partial charge in [0.2, 0.25) is 5.95 Å². The van der Waals surface area contributed by atoms with Gasteiger partial charge in [-0.2, -0.15) is 0 Å². The fourth-order valence-electron chi connectivity index (χ4n) is 6.40. The van der Waals surface area contributed by atoms with Crippen molar-refractivity contribution in [3.63, 3.8) is 0 Å². The van der Waals surface area contributed by atoms with Crippen LogP contribution in [0.3, 0.4) is 0 Å². The highest BCUT2D eigenvalue weighted by molar-refractivity contribution is 6.21. The molecule has 0 aliphatic carbocycles. The van der Waals surface area contributed by atoms with Crippen molar-refractivity contribution in [3.05, 3.63) is 134 Å². The maximum atomic E-state index is 4.97. The summed E-state index contributed by atoms with van der Waals surface area (Å²) < 4.78 is 4.58. The minimum absolute atomic E-state index is 0.683. The molecule has 6 aromatic carbocycles. The molecule has 0 saturated heterocycles. The van der Waals surface area contributed by atoms with Gasteiger partial charge >= 0.3 is 0 Å². The molecule has 0 unspecified atom stereocenters. The predicted octanol–water partition coefficient (Wildman–Crippen LogP) is 8.98. The van der Waals surface area contributed by atoms with Crippen molar-refractivity contribution in [2.75, 3.05) is 0 Å². The van der Waals surface area contributed by atoms with Gasteiger partial charge in [0.25, 0.3) is 0 Å². The standard InChI is InChI=1S/C36H22N4/c1-5-13-30-24(9-1)22-37-36(38-30)40-33-16-8-4-12-28(33)35-29-21-25(19-17-23(29)18-20-34(35)40)39-31-14-6-2-10-26(31)27-11-3-7-15-32(27)39/h1-22H. The molecule has 186 valence electrons. The van der Waals surface area contributed by atoms with Crippen molar-refractivity contribution in [2.24, 2.45) is 0 Å². The van der Waals surface area contributed by atoms with Crippen molar-refractivity contribution >= 4 is 65.3 Å². The van der Waals surface area contributed by atoms with Gasteiger partial charge in [-0.05, 0) is 53.2 Å². The molecule has 3 aromatic heterocycles. The maximum absolute atomic E-state index is 4.97. The quantitative estimate of drug-likeness (QED) is 0.233. The maximum Gasteiger partial charge on any atom is 0.235 e. The van der Waals surface area contributed by atoms with Crippen molar-refractivity contribution in [1.29, 1.82) is 0 Å². The van der Waals surface area contributed by atoms with Gasteiger partial charge in [0.15, 0.2) is 0 Å². The van der Waals surface area contributed by atoms with E-state index in [0.29, 0.717) is 5.95 Å². The first kappa shape index (κ1) is 21.5. The summed E-state index contributed by atoms with van der Waals surface area (Å²) >= 11 is 0. The molecule has 0 radical (unpaired) electrons. The molecule has 0 fully saturated rings. The molecule has 0 aliphatic heterocycles. The molecule has 0 N–H and O–H groups in total. The van der Waals surface area contributed by atoms with Crippen molar-refractivity contribution in [3.8, 4) is 11.6 Å². The summed E-state index contributed by atoms with van der Waals surface area (Å²) in [6.07, 6.45) is 1.92. The Kier molecular flexibility index (Phi) is 4.30. The first-order valence-electron chi connectivity index (χ1n) is 13.5. The second-order valence-electron chi connectivity index (χ2n) is 10.3. The van der Waals surface area contributed by atoms with E-state index in [2.05, 4.69) is 118 Å². The molecule has 0 atom stereocenters. The Morgan fingerprint density at radius 3 is 1.85 bits per heavy atom. The van der Waals surface area contributed by atoms with Crippen LogP contribution in [0.1, 0.15) is 0 Å². The van der Waals surface area contributed by atoms with E-state index in [1.807, 2.05) is 24.4 Å². The summed E-state index contributed by atoms with van der Waals surface area (Å²) in [7, 11) is 0. The molecule has 9 aromatic rings. The third-order valence-corrected chi connectivity index (χ3v) is 8.15. The number of benzene rings is 6. The van der Waals surface area contributed by atoms with Gasteiger partial charge in [-0.15, -0.1) is 0 Å².